The van der Waals surface area contributed by atoms with Crippen molar-refractivity contribution in [1.29, 1.82) is 0 Å². The third kappa shape index (κ3) is 7.07. The Kier molecular flexibility index (Phi) is 9.19. The van der Waals surface area contributed by atoms with Crippen LogP contribution in [0.25, 0.3) is 0 Å². The molecule has 0 atom stereocenters. The molecule has 21 heavy (non-hydrogen) atoms. The molecule has 116 valence electrons. The minimum absolute atomic E-state index is 0.239. The molecule has 0 saturated carbocycles. The molecular weight excluding hydrogens is 280 g/mol. The molecule has 0 saturated heterocycles. The quantitative estimate of drug-likeness (QED) is 0.783. The first-order valence-electron chi connectivity index (χ1n) is 6.23. The summed E-state index contributed by atoms with van der Waals surface area (Å²) in [4.78, 5) is 32.2. The molecule has 0 aliphatic carbocycles. The maximum atomic E-state index is 11.5. The van der Waals surface area contributed by atoms with Gasteiger partial charge in [0.2, 0.25) is 0 Å². The van der Waals surface area contributed by atoms with Crippen molar-refractivity contribution in [3.05, 3.63) is 35.4 Å². The standard InChI is InChI=1S/C12H14O4.C2H4O3/c1-3-15-11(13)9-7-5-6-8-10(9)12(14)16-4-2;3-1-2(4)5/h5-8H,3-4H2,1-2H3;3H,1H2,(H,4,5). The number of carbonyl (C=O) groups is 3. The third-order valence-electron chi connectivity index (χ3n) is 2.05. The maximum Gasteiger partial charge on any atom is 0.338 e. The van der Waals surface area contributed by atoms with Gasteiger partial charge in [0.25, 0.3) is 0 Å². The van der Waals surface area contributed by atoms with Gasteiger partial charge in [-0.05, 0) is 26.0 Å². The van der Waals surface area contributed by atoms with Crippen LogP contribution in [0.2, 0.25) is 0 Å². The SMILES string of the molecule is CCOC(=O)c1ccccc1C(=O)OCC.O=C(O)CO. The molecule has 0 spiro atoms. The fraction of sp³-hybridized carbons (Fsp3) is 0.357. The lowest BCUT2D eigenvalue weighted by Gasteiger charge is -2.07. The summed E-state index contributed by atoms with van der Waals surface area (Å²) < 4.78 is 9.70. The average molecular weight is 298 g/mol. The Morgan fingerprint density at radius 1 is 0.952 bits per heavy atom. The lowest BCUT2D eigenvalue weighted by atomic mass is 10.1. The van der Waals surface area contributed by atoms with Crippen LogP contribution in [0.1, 0.15) is 34.6 Å². The molecule has 0 aliphatic rings. The van der Waals surface area contributed by atoms with Crippen LogP contribution in [0.4, 0.5) is 0 Å². The number of ether oxygens (including phenoxy) is 2. The van der Waals surface area contributed by atoms with Crippen molar-refractivity contribution in [2.24, 2.45) is 0 Å². The Morgan fingerprint density at radius 2 is 1.29 bits per heavy atom. The lowest BCUT2D eigenvalue weighted by molar-refractivity contribution is -0.140. The predicted octanol–water partition coefficient (Wildman–Crippen LogP) is 1.10. The molecule has 0 heterocycles. The molecule has 7 heteroatoms. The summed E-state index contributed by atoms with van der Waals surface area (Å²) in [5.74, 6) is -2.21. The van der Waals surface area contributed by atoms with Crippen LogP contribution < -0.4 is 0 Å². The van der Waals surface area contributed by atoms with E-state index in [1.807, 2.05) is 0 Å². The van der Waals surface area contributed by atoms with Gasteiger partial charge in [-0.2, -0.15) is 0 Å². The smallest absolute Gasteiger partial charge is 0.338 e. The second-order valence-electron chi connectivity index (χ2n) is 3.54. The molecule has 0 aromatic heterocycles. The molecule has 0 fully saturated rings. The number of carbonyl (C=O) groups excluding carboxylic acids is 2. The number of rotatable bonds is 5. The van der Waals surface area contributed by atoms with Gasteiger partial charge in [-0.15, -0.1) is 0 Å². The van der Waals surface area contributed by atoms with Crippen LogP contribution in [0.15, 0.2) is 24.3 Å². The normalized spacial score (nSPS) is 9.10. The highest BCUT2D eigenvalue weighted by atomic mass is 16.5. The van der Waals surface area contributed by atoms with Gasteiger partial charge in [0.05, 0.1) is 24.3 Å². The Labute approximate surface area is 122 Å². The van der Waals surface area contributed by atoms with Crippen molar-refractivity contribution in [1.82, 2.24) is 0 Å². The minimum atomic E-state index is -1.19. The molecule has 1 rings (SSSR count). The van der Waals surface area contributed by atoms with Gasteiger partial charge in [-0.25, -0.2) is 14.4 Å². The zero-order chi connectivity index (χ0) is 16.3. The fourth-order valence-electron chi connectivity index (χ4n) is 1.26. The molecule has 0 bridgehead atoms. The van der Waals surface area contributed by atoms with E-state index < -0.39 is 24.5 Å². The maximum absolute atomic E-state index is 11.5. The van der Waals surface area contributed by atoms with Gasteiger partial charge in [0.15, 0.2) is 0 Å². The van der Waals surface area contributed by atoms with Gasteiger partial charge in [0, 0.05) is 0 Å². The fourth-order valence-corrected chi connectivity index (χ4v) is 1.26. The average Bonchev–Trinajstić information content (AvgIpc) is 2.48. The Morgan fingerprint density at radius 3 is 1.52 bits per heavy atom. The number of carboxylic acids is 1. The van der Waals surface area contributed by atoms with E-state index in [-0.39, 0.29) is 24.3 Å². The van der Waals surface area contributed by atoms with Gasteiger partial charge < -0.3 is 19.7 Å². The van der Waals surface area contributed by atoms with Crippen LogP contribution in [0.5, 0.6) is 0 Å². The number of benzene rings is 1. The molecule has 7 nitrogen and oxygen atoms in total. The monoisotopic (exact) mass is 298 g/mol. The molecule has 0 radical (unpaired) electrons. The van der Waals surface area contributed by atoms with E-state index in [0.717, 1.165) is 0 Å². The minimum Gasteiger partial charge on any atom is -0.480 e. The van der Waals surface area contributed by atoms with Crippen LogP contribution in [0.3, 0.4) is 0 Å². The van der Waals surface area contributed by atoms with Crippen LogP contribution >= 0.6 is 0 Å². The summed E-state index contributed by atoms with van der Waals surface area (Å²) in [5, 5.41) is 15.0. The summed E-state index contributed by atoms with van der Waals surface area (Å²) in [6, 6.07) is 6.44. The van der Waals surface area contributed by atoms with Gasteiger partial charge in [-0.1, -0.05) is 12.1 Å². The van der Waals surface area contributed by atoms with E-state index >= 15 is 0 Å². The van der Waals surface area contributed by atoms with E-state index in [1.54, 1.807) is 38.1 Å². The van der Waals surface area contributed by atoms with E-state index in [9.17, 15) is 9.59 Å². The van der Waals surface area contributed by atoms with E-state index in [0.29, 0.717) is 0 Å². The molecule has 0 aliphatic heterocycles. The molecule has 1 aromatic carbocycles. The van der Waals surface area contributed by atoms with E-state index in [1.165, 1.54) is 0 Å². The highest BCUT2D eigenvalue weighted by Gasteiger charge is 2.17. The number of aliphatic hydroxyl groups is 1. The number of esters is 2. The third-order valence-corrected chi connectivity index (χ3v) is 2.05. The van der Waals surface area contributed by atoms with Crippen LogP contribution in [-0.2, 0) is 14.3 Å². The van der Waals surface area contributed by atoms with Crippen LogP contribution in [-0.4, -0.2) is 47.9 Å². The second kappa shape index (κ2) is 10.4. The van der Waals surface area contributed by atoms with Crippen molar-refractivity contribution >= 4 is 17.9 Å². The first kappa shape index (κ1) is 18.6. The largest absolute Gasteiger partial charge is 0.480 e. The van der Waals surface area contributed by atoms with Crippen molar-refractivity contribution in [2.75, 3.05) is 19.8 Å². The topological polar surface area (TPSA) is 110 Å². The Bertz CT molecular complexity index is 445. The van der Waals surface area contributed by atoms with Gasteiger partial charge in [0.1, 0.15) is 6.61 Å². The summed E-state index contributed by atoms with van der Waals surface area (Å²) >= 11 is 0. The number of aliphatic hydroxyl groups excluding tert-OH is 1. The number of hydrogen-bond acceptors (Lipinski definition) is 6. The molecule has 0 unspecified atom stereocenters. The molecule has 2 N–H and O–H groups in total. The van der Waals surface area contributed by atoms with E-state index in [4.69, 9.17) is 24.5 Å². The highest BCUT2D eigenvalue weighted by Crippen LogP contribution is 2.11. The van der Waals surface area contributed by atoms with Crippen LogP contribution in [0, 0.1) is 0 Å². The molecule has 1 aromatic rings. The Balaban J connectivity index is 0.000000690. The summed E-state index contributed by atoms with van der Waals surface area (Å²) in [7, 11) is 0. The first-order valence-corrected chi connectivity index (χ1v) is 6.23. The number of carboxylic acid groups (broad SMARTS) is 1. The van der Waals surface area contributed by atoms with E-state index in [2.05, 4.69) is 0 Å². The van der Waals surface area contributed by atoms with Crippen molar-refractivity contribution in [3.8, 4) is 0 Å². The highest BCUT2D eigenvalue weighted by molar-refractivity contribution is 6.03. The van der Waals surface area contributed by atoms with Gasteiger partial charge >= 0.3 is 17.9 Å². The zero-order valence-electron chi connectivity index (χ0n) is 11.9. The predicted molar refractivity (Wildman–Crippen MR) is 73.1 cm³/mol. The summed E-state index contributed by atoms with van der Waals surface area (Å²) in [5.41, 5.74) is 0.477. The number of hydrogen-bond donors (Lipinski definition) is 2. The van der Waals surface area contributed by atoms with Crippen molar-refractivity contribution < 1.29 is 34.1 Å². The molecular formula is C14H18O7. The lowest BCUT2D eigenvalue weighted by Crippen LogP contribution is -2.13. The molecule has 0 amide bonds. The summed E-state index contributed by atoms with van der Waals surface area (Å²) in [6.07, 6.45) is 0. The zero-order valence-corrected chi connectivity index (χ0v) is 11.9. The summed E-state index contributed by atoms with van der Waals surface area (Å²) in [6.45, 7) is 3.20. The first-order chi connectivity index (χ1) is 9.97. The van der Waals surface area contributed by atoms with Gasteiger partial charge in [-0.3, -0.25) is 0 Å². The Hall–Kier alpha value is -2.41. The van der Waals surface area contributed by atoms with Crippen molar-refractivity contribution in [3.63, 3.8) is 0 Å². The second-order valence-corrected chi connectivity index (χ2v) is 3.54. The van der Waals surface area contributed by atoms with Crippen molar-refractivity contribution in [2.45, 2.75) is 13.8 Å². The number of aliphatic carboxylic acids is 1.